The van der Waals surface area contributed by atoms with Crippen LogP contribution in [0.15, 0.2) is 29.2 Å². The van der Waals surface area contributed by atoms with E-state index >= 15 is 0 Å². The van der Waals surface area contributed by atoms with Gasteiger partial charge in [-0.05, 0) is 24.6 Å². The van der Waals surface area contributed by atoms with Crippen LogP contribution in [0.4, 0.5) is 4.79 Å². The topological polar surface area (TPSA) is 118 Å². The summed E-state index contributed by atoms with van der Waals surface area (Å²) in [6, 6.07) is 4.99. The maximum absolute atomic E-state index is 11.3. The molecule has 4 N–H and O–H groups in total. The van der Waals surface area contributed by atoms with Gasteiger partial charge in [-0.2, -0.15) is 0 Å². The SMILES string of the molecule is CC(Cl)C(=O)NC(=O)NCc1ccc(S(N)(=O)=O)cc1. The zero-order chi connectivity index (χ0) is 15.3. The molecule has 0 aromatic heterocycles. The number of benzene rings is 1. The molecule has 7 nitrogen and oxygen atoms in total. The van der Waals surface area contributed by atoms with Crippen molar-refractivity contribution in [2.75, 3.05) is 0 Å². The van der Waals surface area contributed by atoms with Gasteiger partial charge in [0, 0.05) is 6.54 Å². The molecule has 0 aliphatic heterocycles. The van der Waals surface area contributed by atoms with Crippen molar-refractivity contribution in [3.05, 3.63) is 29.8 Å². The Morgan fingerprint density at radius 3 is 2.30 bits per heavy atom. The van der Waals surface area contributed by atoms with E-state index in [4.69, 9.17) is 16.7 Å². The molecule has 0 fully saturated rings. The third-order valence-corrected chi connectivity index (χ3v) is 3.43. The molecule has 1 aromatic rings. The van der Waals surface area contributed by atoms with Crippen LogP contribution in [0.3, 0.4) is 0 Å². The fourth-order valence-corrected chi connectivity index (χ4v) is 1.80. The van der Waals surface area contributed by atoms with E-state index in [0.717, 1.165) is 0 Å². The van der Waals surface area contributed by atoms with Crippen molar-refractivity contribution in [3.8, 4) is 0 Å². The Labute approximate surface area is 121 Å². The number of alkyl halides is 1. The standard InChI is InChI=1S/C11H14ClN3O4S/c1-7(12)10(16)15-11(17)14-6-8-2-4-9(5-3-8)20(13,18)19/h2-5,7H,6H2,1H3,(H2,13,18,19)(H2,14,15,16,17). The number of rotatable bonds is 4. The average molecular weight is 320 g/mol. The molecule has 9 heteroatoms. The molecule has 3 amide bonds. The van der Waals surface area contributed by atoms with Crippen molar-refractivity contribution < 1.29 is 18.0 Å². The fraction of sp³-hybridized carbons (Fsp3) is 0.273. The molecule has 1 rings (SSSR count). The number of carbonyl (C=O) groups is 2. The molecular weight excluding hydrogens is 306 g/mol. The van der Waals surface area contributed by atoms with E-state index in [1.54, 1.807) is 0 Å². The second-order valence-electron chi connectivity index (χ2n) is 3.98. The minimum atomic E-state index is -3.74. The third-order valence-electron chi connectivity index (χ3n) is 2.30. The summed E-state index contributed by atoms with van der Waals surface area (Å²) in [5.41, 5.74) is 0.652. The number of nitrogens with two attached hydrogens (primary N) is 1. The Hall–Kier alpha value is -1.64. The summed E-state index contributed by atoms with van der Waals surface area (Å²) in [4.78, 5) is 22.5. The first-order valence-electron chi connectivity index (χ1n) is 5.54. The van der Waals surface area contributed by atoms with Gasteiger partial charge in [0.1, 0.15) is 5.38 Å². The summed E-state index contributed by atoms with van der Waals surface area (Å²) in [5, 5.41) is 8.63. The van der Waals surface area contributed by atoms with Crippen molar-refractivity contribution in [2.45, 2.75) is 23.7 Å². The summed E-state index contributed by atoms with van der Waals surface area (Å²) < 4.78 is 22.1. The second kappa shape index (κ2) is 6.69. The Balaban J connectivity index is 2.54. The molecule has 0 saturated heterocycles. The van der Waals surface area contributed by atoms with E-state index in [2.05, 4.69) is 5.32 Å². The quantitative estimate of drug-likeness (QED) is 0.691. The van der Waals surface area contributed by atoms with Crippen LogP contribution >= 0.6 is 11.6 Å². The molecule has 1 unspecified atom stereocenters. The smallest absolute Gasteiger partial charge is 0.321 e. The molecule has 0 bridgehead atoms. The highest BCUT2D eigenvalue weighted by Gasteiger charge is 2.12. The Kier molecular flexibility index (Phi) is 5.49. The van der Waals surface area contributed by atoms with E-state index in [9.17, 15) is 18.0 Å². The van der Waals surface area contributed by atoms with Crippen LogP contribution in [0.5, 0.6) is 0 Å². The lowest BCUT2D eigenvalue weighted by Gasteiger charge is -2.08. The van der Waals surface area contributed by atoms with Gasteiger partial charge in [0.15, 0.2) is 0 Å². The highest BCUT2D eigenvalue weighted by atomic mass is 35.5. The highest BCUT2D eigenvalue weighted by Crippen LogP contribution is 2.08. The normalized spacial score (nSPS) is 12.6. The predicted molar refractivity (Wildman–Crippen MR) is 73.5 cm³/mol. The zero-order valence-corrected chi connectivity index (χ0v) is 12.2. The molecule has 0 saturated carbocycles. The minimum Gasteiger partial charge on any atom is -0.334 e. The van der Waals surface area contributed by atoms with E-state index < -0.39 is 27.3 Å². The molecule has 20 heavy (non-hydrogen) atoms. The molecule has 1 aromatic carbocycles. The second-order valence-corrected chi connectivity index (χ2v) is 6.19. The minimum absolute atomic E-state index is 0.0168. The van der Waals surface area contributed by atoms with E-state index in [0.29, 0.717) is 5.56 Å². The summed E-state index contributed by atoms with van der Waals surface area (Å²) in [5.74, 6) is -0.603. The average Bonchev–Trinajstić information content (AvgIpc) is 2.35. The molecule has 1 atom stereocenters. The largest absolute Gasteiger partial charge is 0.334 e. The number of sulfonamides is 1. The third kappa shape index (κ3) is 5.16. The van der Waals surface area contributed by atoms with Crippen LogP contribution < -0.4 is 15.8 Å². The fourth-order valence-electron chi connectivity index (χ4n) is 1.23. The number of amides is 3. The maximum Gasteiger partial charge on any atom is 0.321 e. The van der Waals surface area contributed by atoms with Crippen molar-refractivity contribution >= 4 is 33.6 Å². The van der Waals surface area contributed by atoms with Gasteiger partial charge in [0.2, 0.25) is 15.9 Å². The summed E-state index contributed by atoms with van der Waals surface area (Å²) in [7, 11) is -3.74. The lowest BCUT2D eigenvalue weighted by atomic mass is 10.2. The van der Waals surface area contributed by atoms with Crippen LogP contribution in [0.25, 0.3) is 0 Å². The molecule has 110 valence electrons. The monoisotopic (exact) mass is 319 g/mol. The molecule has 0 aliphatic carbocycles. The first kappa shape index (κ1) is 16.4. The molecule has 0 radical (unpaired) electrons. The van der Waals surface area contributed by atoms with Crippen LogP contribution in [-0.2, 0) is 21.4 Å². The number of hydrogen-bond donors (Lipinski definition) is 3. The van der Waals surface area contributed by atoms with Gasteiger partial charge in [-0.1, -0.05) is 12.1 Å². The van der Waals surface area contributed by atoms with Gasteiger partial charge in [-0.25, -0.2) is 18.4 Å². The van der Waals surface area contributed by atoms with E-state index in [1.165, 1.54) is 31.2 Å². The summed E-state index contributed by atoms with van der Waals surface area (Å²) >= 11 is 5.49. The number of primary sulfonamides is 1. The van der Waals surface area contributed by atoms with Crippen molar-refractivity contribution in [3.63, 3.8) is 0 Å². The van der Waals surface area contributed by atoms with Crippen LogP contribution in [0, 0.1) is 0 Å². The summed E-state index contributed by atoms with van der Waals surface area (Å²) in [6.07, 6.45) is 0. The van der Waals surface area contributed by atoms with Gasteiger partial charge in [0.05, 0.1) is 4.90 Å². The zero-order valence-electron chi connectivity index (χ0n) is 10.6. The lowest BCUT2D eigenvalue weighted by molar-refractivity contribution is -0.119. The van der Waals surface area contributed by atoms with Crippen molar-refractivity contribution in [1.82, 2.24) is 10.6 Å². The van der Waals surface area contributed by atoms with E-state index in [1.807, 2.05) is 5.32 Å². The number of hydrogen-bond acceptors (Lipinski definition) is 4. The van der Waals surface area contributed by atoms with Crippen LogP contribution in [-0.4, -0.2) is 25.7 Å². The number of urea groups is 1. The molecule has 0 heterocycles. The molecule has 0 spiro atoms. The number of carbonyl (C=O) groups excluding carboxylic acids is 2. The van der Waals surface area contributed by atoms with Gasteiger partial charge >= 0.3 is 6.03 Å². The number of imide groups is 1. The van der Waals surface area contributed by atoms with Crippen molar-refractivity contribution in [1.29, 1.82) is 0 Å². The lowest BCUT2D eigenvalue weighted by Crippen LogP contribution is -2.41. The van der Waals surface area contributed by atoms with Crippen LogP contribution in [0.1, 0.15) is 12.5 Å². The number of halogens is 1. The first-order chi connectivity index (χ1) is 9.20. The van der Waals surface area contributed by atoms with Gasteiger partial charge in [0.25, 0.3) is 0 Å². The highest BCUT2D eigenvalue weighted by molar-refractivity contribution is 7.89. The van der Waals surface area contributed by atoms with Gasteiger partial charge < -0.3 is 5.32 Å². The van der Waals surface area contributed by atoms with Gasteiger partial charge in [-0.15, -0.1) is 11.6 Å². The first-order valence-corrected chi connectivity index (χ1v) is 7.53. The molecule has 0 aliphatic rings. The Bertz CT molecular complexity index is 599. The number of nitrogens with one attached hydrogen (secondary N) is 2. The maximum atomic E-state index is 11.3. The predicted octanol–water partition coefficient (Wildman–Crippen LogP) is 0.287. The van der Waals surface area contributed by atoms with E-state index in [-0.39, 0.29) is 11.4 Å². The summed E-state index contributed by atoms with van der Waals surface area (Å²) in [6.45, 7) is 1.57. The molecular formula is C11H14ClN3O4S. The Morgan fingerprint density at radius 2 is 1.85 bits per heavy atom. The Morgan fingerprint density at radius 1 is 1.30 bits per heavy atom. The van der Waals surface area contributed by atoms with Gasteiger partial charge in [-0.3, -0.25) is 10.1 Å². The van der Waals surface area contributed by atoms with Crippen molar-refractivity contribution in [2.24, 2.45) is 5.14 Å². The van der Waals surface area contributed by atoms with Crippen LogP contribution in [0.2, 0.25) is 0 Å².